The molecule has 1 saturated carbocycles. The summed E-state index contributed by atoms with van der Waals surface area (Å²) in [5, 5.41) is 9.39. The summed E-state index contributed by atoms with van der Waals surface area (Å²) in [5.41, 5.74) is 3.42. The molecule has 0 heterocycles. The Balaban J connectivity index is 1.43. The first-order valence-electron chi connectivity index (χ1n) is 11.9. The van der Waals surface area contributed by atoms with Crippen LogP contribution in [0, 0.1) is 17.6 Å². The summed E-state index contributed by atoms with van der Waals surface area (Å²) >= 11 is 0. The van der Waals surface area contributed by atoms with Crippen molar-refractivity contribution < 1.29 is 13.9 Å². The van der Waals surface area contributed by atoms with Crippen LogP contribution in [-0.2, 0) is 0 Å². The van der Waals surface area contributed by atoms with Crippen molar-refractivity contribution >= 4 is 0 Å². The van der Waals surface area contributed by atoms with Crippen molar-refractivity contribution in [2.75, 3.05) is 0 Å². The molecule has 0 unspecified atom stereocenters. The zero-order valence-corrected chi connectivity index (χ0v) is 18.8. The van der Waals surface area contributed by atoms with Crippen LogP contribution in [0.2, 0.25) is 0 Å². The third-order valence-corrected chi connectivity index (χ3v) is 6.99. The highest BCUT2D eigenvalue weighted by Gasteiger charge is 2.22. The van der Waals surface area contributed by atoms with Gasteiger partial charge in [-0.25, -0.2) is 8.78 Å². The molecular weight excluding hydrogens is 402 g/mol. The molecule has 0 bridgehead atoms. The molecule has 3 heteroatoms. The number of aromatic hydroxyl groups is 1. The molecule has 4 rings (SSSR count). The Hall–Kier alpha value is -2.68. The first kappa shape index (κ1) is 22.5. The highest BCUT2D eigenvalue weighted by atomic mass is 19.1. The summed E-state index contributed by atoms with van der Waals surface area (Å²) in [6, 6.07) is 17.0. The van der Waals surface area contributed by atoms with Gasteiger partial charge < -0.3 is 5.11 Å². The van der Waals surface area contributed by atoms with Crippen molar-refractivity contribution in [3.63, 3.8) is 0 Å². The van der Waals surface area contributed by atoms with Gasteiger partial charge in [0.05, 0.1) is 0 Å². The molecule has 1 aliphatic rings. The second-order valence-corrected chi connectivity index (χ2v) is 9.19. The van der Waals surface area contributed by atoms with Crippen LogP contribution in [0.4, 0.5) is 8.78 Å². The number of benzene rings is 3. The van der Waals surface area contributed by atoms with Crippen LogP contribution in [0.1, 0.15) is 69.8 Å². The lowest BCUT2D eigenvalue weighted by Crippen LogP contribution is -2.13. The minimum atomic E-state index is -0.568. The first-order chi connectivity index (χ1) is 15.5. The van der Waals surface area contributed by atoms with Gasteiger partial charge in [-0.05, 0) is 72.4 Å². The van der Waals surface area contributed by atoms with Crippen molar-refractivity contribution in [1.82, 2.24) is 0 Å². The molecule has 1 N–H and O–H groups in total. The van der Waals surface area contributed by atoms with E-state index in [9.17, 15) is 13.9 Å². The maximum absolute atomic E-state index is 14.9. The van der Waals surface area contributed by atoms with E-state index in [-0.39, 0.29) is 17.1 Å². The quantitative estimate of drug-likeness (QED) is 0.368. The lowest BCUT2D eigenvalue weighted by atomic mass is 9.77. The number of hydrogen-bond acceptors (Lipinski definition) is 1. The largest absolute Gasteiger partial charge is 0.508 e. The van der Waals surface area contributed by atoms with Gasteiger partial charge in [-0.1, -0.05) is 69.0 Å². The predicted molar refractivity (Wildman–Crippen MR) is 128 cm³/mol. The van der Waals surface area contributed by atoms with E-state index in [0.29, 0.717) is 17.0 Å². The van der Waals surface area contributed by atoms with Gasteiger partial charge in [0.2, 0.25) is 0 Å². The number of rotatable bonds is 7. The Morgan fingerprint density at radius 1 is 0.750 bits per heavy atom. The molecule has 0 amide bonds. The third kappa shape index (κ3) is 5.20. The van der Waals surface area contributed by atoms with E-state index in [1.54, 1.807) is 12.1 Å². The average Bonchev–Trinajstić information content (AvgIpc) is 2.80. The molecule has 1 nitrogen and oxygen atoms in total. The minimum Gasteiger partial charge on any atom is -0.508 e. The zero-order valence-electron chi connectivity index (χ0n) is 18.8. The second kappa shape index (κ2) is 10.3. The molecule has 0 aliphatic heterocycles. The Kier molecular flexibility index (Phi) is 7.24. The Labute approximate surface area is 190 Å². The van der Waals surface area contributed by atoms with Gasteiger partial charge in [0, 0.05) is 17.2 Å². The van der Waals surface area contributed by atoms with Gasteiger partial charge >= 0.3 is 0 Å². The summed E-state index contributed by atoms with van der Waals surface area (Å²) in [5.74, 6) is 0.407. The molecule has 0 saturated heterocycles. The number of phenolic OH excluding ortho intramolecular Hbond substituents is 1. The monoisotopic (exact) mass is 434 g/mol. The standard InChI is InChI=1S/C29H32F2O/c1-2-3-4-5-20-6-8-21(9-7-20)22-10-12-23(13-11-22)26-16-14-24(18-28(26)30)27-17-15-25(32)19-29(27)31/h10-21,32H,2-9H2,1H3. The van der Waals surface area contributed by atoms with Gasteiger partial charge in [0.1, 0.15) is 17.4 Å². The summed E-state index contributed by atoms with van der Waals surface area (Å²) in [7, 11) is 0. The van der Waals surface area contributed by atoms with Crippen LogP contribution in [-0.4, -0.2) is 5.11 Å². The van der Waals surface area contributed by atoms with Gasteiger partial charge in [-0.2, -0.15) is 0 Å². The third-order valence-electron chi connectivity index (χ3n) is 6.99. The smallest absolute Gasteiger partial charge is 0.134 e. The van der Waals surface area contributed by atoms with Gasteiger partial charge in [-0.15, -0.1) is 0 Å². The lowest BCUT2D eigenvalue weighted by Gasteiger charge is -2.29. The molecule has 3 aromatic carbocycles. The molecule has 0 aromatic heterocycles. The lowest BCUT2D eigenvalue weighted by molar-refractivity contribution is 0.303. The topological polar surface area (TPSA) is 20.2 Å². The average molecular weight is 435 g/mol. The van der Waals surface area contributed by atoms with Crippen LogP contribution in [0.25, 0.3) is 22.3 Å². The van der Waals surface area contributed by atoms with E-state index >= 15 is 0 Å². The fraction of sp³-hybridized carbons (Fsp3) is 0.379. The van der Waals surface area contributed by atoms with Gasteiger partial charge in [0.25, 0.3) is 0 Å². The Morgan fingerprint density at radius 2 is 1.38 bits per heavy atom. The van der Waals surface area contributed by atoms with E-state index < -0.39 is 5.82 Å². The number of hydrogen-bond donors (Lipinski definition) is 1. The van der Waals surface area contributed by atoms with E-state index in [2.05, 4.69) is 19.1 Å². The number of halogens is 2. The molecule has 1 aliphatic carbocycles. The van der Waals surface area contributed by atoms with Crippen molar-refractivity contribution in [2.24, 2.45) is 5.92 Å². The van der Waals surface area contributed by atoms with Crippen LogP contribution >= 0.6 is 0 Å². The fourth-order valence-electron chi connectivity index (χ4n) is 5.06. The van der Waals surface area contributed by atoms with Crippen molar-refractivity contribution in [3.05, 3.63) is 77.9 Å². The molecule has 0 atom stereocenters. The van der Waals surface area contributed by atoms with Crippen LogP contribution in [0.15, 0.2) is 60.7 Å². The molecule has 1 fully saturated rings. The van der Waals surface area contributed by atoms with Crippen molar-refractivity contribution in [3.8, 4) is 28.0 Å². The summed E-state index contributed by atoms with van der Waals surface area (Å²) in [4.78, 5) is 0. The maximum atomic E-state index is 14.9. The van der Waals surface area contributed by atoms with Crippen LogP contribution in [0.5, 0.6) is 5.75 Å². The van der Waals surface area contributed by atoms with E-state index in [1.807, 2.05) is 12.1 Å². The maximum Gasteiger partial charge on any atom is 0.134 e. The highest BCUT2D eigenvalue weighted by molar-refractivity contribution is 5.71. The van der Waals surface area contributed by atoms with Crippen molar-refractivity contribution in [1.29, 1.82) is 0 Å². The normalized spacial score (nSPS) is 18.6. The molecular formula is C29H32F2O. The molecule has 3 aromatic rings. The van der Waals surface area contributed by atoms with Crippen molar-refractivity contribution in [2.45, 2.75) is 64.2 Å². The molecule has 0 radical (unpaired) electrons. The molecule has 0 spiro atoms. The summed E-state index contributed by atoms with van der Waals surface area (Å²) in [6.45, 7) is 2.26. The van der Waals surface area contributed by atoms with Gasteiger partial charge in [0.15, 0.2) is 0 Å². The summed E-state index contributed by atoms with van der Waals surface area (Å²) < 4.78 is 29.0. The predicted octanol–water partition coefficient (Wildman–Crippen LogP) is 8.86. The second-order valence-electron chi connectivity index (χ2n) is 9.19. The zero-order chi connectivity index (χ0) is 22.5. The SMILES string of the molecule is CCCCCC1CCC(c2ccc(-c3ccc(-c4ccc(O)cc4F)cc3F)cc2)CC1. The van der Waals surface area contributed by atoms with Gasteiger partial charge in [-0.3, -0.25) is 0 Å². The fourth-order valence-corrected chi connectivity index (χ4v) is 5.06. The van der Waals surface area contributed by atoms with E-state index in [1.165, 1.54) is 75.1 Å². The highest BCUT2D eigenvalue weighted by Crippen LogP contribution is 2.38. The van der Waals surface area contributed by atoms with E-state index in [0.717, 1.165) is 17.5 Å². The minimum absolute atomic E-state index is 0.145. The Bertz CT molecular complexity index is 1030. The van der Waals surface area contributed by atoms with Crippen LogP contribution in [0.3, 0.4) is 0 Å². The number of unbranched alkanes of at least 4 members (excludes halogenated alkanes) is 2. The van der Waals surface area contributed by atoms with E-state index in [4.69, 9.17) is 0 Å². The number of phenols is 1. The summed E-state index contributed by atoms with van der Waals surface area (Å²) in [6.07, 6.45) is 10.5. The first-order valence-corrected chi connectivity index (χ1v) is 11.9. The van der Waals surface area contributed by atoms with Crippen LogP contribution < -0.4 is 0 Å². The Morgan fingerprint density at radius 3 is 2.03 bits per heavy atom. The molecule has 168 valence electrons. The molecule has 32 heavy (non-hydrogen) atoms.